The van der Waals surface area contributed by atoms with E-state index in [4.69, 9.17) is 9.47 Å². The Morgan fingerprint density at radius 2 is 1.73 bits per heavy atom. The van der Waals surface area contributed by atoms with E-state index in [-0.39, 0.29) is 11.9 Å². The molecule has 26 heavy (non-hydrogen) atoms. The molecule has 134 valence electrons. The van der Waals surface area contributed by atoms with Gasteiger partial charge in [-0.1, -0.05) is 24.3 Å². The minimum atomic E-state index is -0.397. The Balaban J connectivity index is 1.98. The Bertz CT molecular complexity index is 858. The molecule has 1 N–H and O–H groups in total. The summed E-state index contributed by atoms with van der Waals surface area (Å²) in [4.78, 5) is 23.5. The lowest BCUT2D eigenvalue weighted by molar-refractivity contribution is -0.133. The van der Waals surface area contributed by atoms with Crippen molar-refractivity contribution in [3.8, 4) is 11.5 Å². The molecule has 0 fully saturated rings. The van der Waals surface area contributed by atoms with Gasteiger partial charge in [0.2, 0.25) is 5.91 Å². The highest BCUT2D eigenvalue weighted by atomic mass is 16.5. The van der Waals surface area contributed by atoms with Crippen LogP contribution in [0.4, 0.5) is 0 Å². The Hall–Kier alpha value is -3.28. The number of amides is 1. The molecule has 0 spiro atoms. The van der Waals surface area contributed by atoms with Crippen molar-refractivity contribution in [3.63, 3.8) is 0 Å². The van der Waals surface area contributed by atoms with Crippen LogP contribution in [0.15, 0.2) is 54.6 Å². The first kappa shape index (κ1) is 17.5. The second-order valence-corrected chi connectivity index (χ2v) is 5.89. The first-order valence-corrected chi connectivity index (χ1v) is 8.19. The third-order valence-corrected chi connectivity index (χ3v) is 4.07. The van der Waals surface area contributed by atoms with Gasteiger partial charge in [0, 0.05) is 19.4 Å². The first-order valence-electron chi connectivity index (χ1n) is 8.19. The van der Waals surface area contributed by atoms with Gasteiger partial charge in [-0.05, 0) is 35.9 Å². The van der Waals surface area contributed by atoms with Crippen LogP contribution in [-0.4, -0.2) is 24.0 Å². The van der Waals surface area contributed by atoms with Crippen molar-refractivity contribution in [3.05, 3.63) is 65.7 Å². The van der Waals surface area contributed by atoms with E-state index in [9.17, 15) is 9.59 Å². The maximum atomic E-state index is 12.1. The molecule has 1 aliphatic rings. The summed E-state index contributed by atoms with van der Waals surface area (Å²) in [7, 11) is 1.61. The molecule has 1 heterocycles. The number of carbonyl (C=O) groups excluding carboxylic acids is 2. The highest BCUT2D eigenvalue weighted by Gasteiger charge is 2.29. The Morgan fingerprint density at radius 1 is 1.04 bits per heavy atom. The summed E-state index contributed by atoms with van der Waals surface area (Å²) in [6.45, 7) is 2.85. The molecule has 1 amide bonds. The molecular weight excluding hydrogens is 332 g/mol. The van der Waals surface area contributed by atoms with Crippen LogP contribution >= 0.6 is 0 Å². The predicted octanol–water partition coefficient (Wildman–Crippen LogP) is 3.07. The van der Waals surface area contributed by atoms with Crippen LogP contribution in [0.3, 0.4) is 0 Å². The number of carbonyl (C=O) groups is 2. The van der Waals surface area contributed by atoms with Crippen molar-refractivity contribution in [2.24, 2.45) is 0 Å². The average Bonchev–Trinajstić information content (AvgIpc) is 3.07. The van der Waals surface area contributed by atoms with Crippen molar-refractivity contribution >= 4 is 17.6 Å². The van der Waals surface area contributed by atoms with Gasteiger partial charge in [-0.2, -0.15) is 0 Å². The van der Waals surface area contributed by atoms with Crippen LogP contribution in [0, 0.1) is 0 Å². The zero-order chi connectivity index (χ0) is 18.7. The van der Waals surface area contributed by atoms with Crippen LogP contribution in [-0.2, 0) is 9.59 Å². The molecule has 0 aromatic heterocycles. The molecule has 6 heteroatoms. The van der Waals surface area contributed by atoms with Crippen molar-refractivity contribution in [1.29, 1.82) is 0 Å². The minimum Gasteiger partial charge on any atom is -0.497 e. The SMILES string of the molecule is COc1ccc([C@H]2C=C(c3ccccc3OC(C)=O)NN2C(C)=O)cc1. The molecule has 1 aliphatic heterocycles. The summed E-state index contributed by atoms with van der Waals surface area (Å²) in [5.41, 5.74) is 5.48. The molecule has 3 rings (SSSR count). The van der Waals surface area contributed by atoms with Gasteiger partial charge in [0.05, 0.1) is 18.8 Å². The van der Waals surface area contributed by atoms with E-state index in [0.29, 0.717) is 17.0 Å². The second kappa shape index (κ2) is 7.31. The monoisotopic (exact) mass is 352 g/mol. The zero-order valence-corrected chi connectivity index (χ0v) is 14.9. The van der Waals surface area contributed by atoms with Gasteiger partial charge in [-0.25, -0.2) is 5.01 Å². The summed E-state index contributed by atoms with van der Waals surface area (Å²) in [6, 6.07) is 14.5. The lowest BCUT2D eigenvalue weighted by Gasteiger charge is -2.24. The topological polar surface area (TPSA) is 67.9 Å². The van der Waals surface area contributed by atoms with Crippen LogP contribution in [0.5, 0.6) is 11.5 Å². The largest absolute Gasteiger partial charge is 0.497 e. The number of methoxy groups -OCH3 is 1. The molecule has 0 aliphatic carbocycles. The second-order valence-electron chi connectivity index (χ2n) is 5.89. The standard InChI is InChI=1S/C20H20N2O4/c1-13(23)22-19(15-8-10-16(25-3)11-9-15)12-18(21-22)17-6-4-5-7-20(17)26-14(2)24/h4-12,19,21H,1-3H3/t19-/m1/s1. The van der Waals surface area contributed by atoms with E-state index in [1.165, 1.54) is 13.8 Å². The quantitative estimate of drug-likeness (QED) is 0.677. The third-order valence-electron chi connectivity index (χ3n) is 4.07. The Kier molecular flexibility index (Phi) is 4.93. The van der Waals surface area contributed by atoms with Gasteiger partial charge in [0.25, 0.3) is 0 Å². The summed E-state index contributed by atoms with van der Waals surface area (Å²) in [6.07, 6.45) is 1.94. The van der Waals surface area contributed by atoms with E-state index >= 15 is 0 Å². The lowest BCUT2D eigenvalue weighted by atomic mass is 10.0. The fraction of sp³-hybridized carbons (Fsp3) is 0.200. The van der Waals surface area contributed by atoms with Gasteiger partial charge < -0.3 is 9.47 Å². The Morgan fingerprint density at radius 3 is 2.35 bits per heavy atom. The minimum absolute atomic E-state index is 0.123. The molecule has 1 atom stereocenters. The zero-order valence-electron chi connectivity index (χ0n) is 14.9. The first-order chi connectivity index (χ1) is 12.5. The van der Waals surface area contributed by atoms with Crippen molar-refractivity contribution in [1.82, 2.24) is 10.4 Å². The van der Waals surface area contributed by atoms with Crippen molar-refractivity contribution in [2.75, 3.05) is 7.11 Å². The number of rotatable bonds is 4. The van der Waals surface area contributed by atoms with E-state index < -0.39 is 5.97 Å². The summed E-state index contributed by atoms with van der Waals surface area (Å²) in [5.74, 6) is 0.671. The van der Waals surface area contributed by atoms with Gasteiger partial charge >= 0.3 is 5.97 Å². The van der Waals surface area contributed by atoms with E-state index in [2.05, 4.69) is 5.43 Å². The van der Waals surface area contributed by atoms with Crippen LogP contribution in [0.25, 0.3) is 5.70 Å². The van der Waals surface area contributed by atoms with Gasteiger partial charge in [0.15, 0.2) is 0 Å². The highest BCUT2D eigenvalue weighted by Crippen LogP contribution is 2.35. The van der Waals surface area contributed by atoms with E-state index in [1.54, 1.807) is 24.3 Å². The fourth-order valence-electron chi connectivity index (χ4n) is 2.87. The van der Waals surface area contributed by atoms with Gasteiger partial charge in [-0.3, -0.25) is 15.0 Å². The number of benzene rings is 2. The maximum Gasteiger partial charge on any atom is 0.308 e. The Labute approximate surface area is 152 Å². The number of hydrogen-bond acceptors (Lipinski definition) is 5. The van der Waals surface area contributed by atoms with Crippen molar-refractivity contribution in [2.45, 2.75) is 19.9 Å². The molecule has 0 saturated carbocycles. The molecule has 0 bridgehead atoms. The smallest absolute Gasteiger partial charge is 0.308 e. The van der Waals surface area contributed by atoms with Gasteiger partial charge in [0.1, 0.15) is 11.5 Å². The lowest BCUT2D eigenvalue weighted by Crippen LogP contribution is -2.37. The van der Waals surface area contributed by atoms with E-state index in [0.717, 1.165) is 11.3 Å². The van der Waals surface area contributed by atoms with Crippen LogP contribution in [0.2, 0.25) is 0 Å². The predicted molar refractivity (Wildman–Crippen MR) is 97.1 cm³/mol. The maximum absolute atomic E-state index is 12.1. The van der Waals surface area contributed by atoms with Crippen LogP contribution in [0.1, 0.15) is 31.0 Å². The molecule has 2 aromatic rings. The number of para-hydroxylation sites is 1. The number of esters is 1. The number of hydrogen-bond donors (Lipinski definition) is 1. The highest BCUT2D eigenvalue weighted by molar-refractivity contribution is 5.81. The number of nitrogens with one attached hydrogen (secondary N) is 1. The third kappa shape index (κ3) is 3.54. The van der Waals surface area contributed by atoms with Crippen LogP contribution < -0.4 is 14.9 Å². The summed E-state index contributed by atoms with van der Waals surface area (Å²) < 4.78 is 10.5. The number of ether oxygens (including phenoxy) is 2. The molecule has 2 aromatic carbocycles. The fourth-order valence-corrected chi connectivity index (χ4v) is 2.87. The molecule has 0 saturated heterocycles. The molecule has 0 radical (unpaired) electrons. The molecule has 6 nitrogen and oxygen atoms in total. The number of nitrogens with zero attached hydrogens (tertiary/aromatic N) is 1. The number of hydrazine groups is 1. The van der Waals surface area contributed by atoms with Crippen molar-refractivity contribution < 1.29 is 19.1 Å². The average molecular weight is 352 g/mol. The normalized spacial score (nSPS) is 15.9. The van der Waals surface area contributed by atoms with E-state index in [1.807, 2.05) is 42.5 Å². The summed E-state index contributed by atoms with van der Waals surface area (Å²) >= 11 is 0. The molecular formula is C20H20N2O4. The molecule has 0 unspecified atom stereocenters. The summed E-state index contributed by atoms with van der Waals surface area (Å²) in [5, 5.41) is 1.54. The van der Waals surface area contributed by atoms with Gasteiger partial charge in [-0.15, -0.1) is 0 Å².